The van der Waals surface area contributed by atoms with Gasteiger partial charge in [0, 0.05) is 22.4 Å². The fourth-order valence-electron chi connectivity index (χ4n) is 1.98. The number of hydrogen-bond acceptors (Lipinski definition) is 4. The second-order valence-corrected chi connectivity index (χ2v) is 6.24. The van der Waals surface area contributed by atoms with Gasteiger partial charge in [-0.05, 0) is 52.3 Å². The zero-order valence-corrected chi connectivity index (χ0v) is 14.9. The second kappa shape index (κ2) is 7.58. The number of hydrogen-bond donors (Lipinski definition) is 1. The molecule has 0 aliphatic carbocycles. The van der Waals surface area contributed by atoms with Crippen molar-refractivity contribution in [2.45, 2.75) is 0 Å². The molecule has 25 heavy (non-hydrogen) atoms. The third-order valence-corrected chi connectivity index (χ3v) is 3.88. The summed E-state index contributed by atoms with van der Waals surface area (Å²) in [5.41, 5.74) is 3.38. The fraction of sp³-hybridized carbons (Fsp3) is 0. The number of furan rings is 1. The monoisotopic (exact) mass is 421 g/mol. The molecule has 5 nitrogen and oxygen atoms in total. The predicted octanol–water partition coefficient (Wildman–Crippen LogP) is 4.66. The van der Waals surface area contributed by atoms with Crippen LogP contribution in [0.2, 0.25) is 5.02 Å². The van der Waals surface area contributed by atoms with Crippen LogP contribution < -0.4 is 5.43 Å². The standard InChI is InChI=1S/C17H10BrClFN3O2/c18-12-5-11(7-21-8-12)17(24)23-22-9-13-2-4-16(25-13)10-1-3-15(20)14(19)6-10/h1-9H,(H,23,24)/b22-9-. The highest BCUT2D eigenvalue weighted by atomic mass is 79.9. The molecule has 126 valence electrons. The summed E-state index contributed by atoms with van der Waals surface area (Å²) in [6.07, 6.45) is 4.36. The highest BCUT2D eigenvalue weighted by Gasteiger charge is 2.08. The first-order valence-corrected chi connectivity index (χ1v) is 8.19. The lowest BCUT2D eigenvalue weighted by Gasteiger charge is -1.99. The summed E-state index contributed by atoms with van der Waals surface area (Å²) >= 11 is 9.00. The van der Waals surface area contributed by atoms with Crippen LogP contribution in [-0.2, 0) is 0 Å². The largest absolute Gasteiger partial charge is 0.455 e. The third kappa shape index (κ3) is 4.32. The lowest BCUT2D eigenvalue weighted by atomic mass is 10.2. The molecule has 0 atom stereocenters. The summed E-state index contributed by atoms with van der Waals surface area (Å²) in [7, 11) is 0. The number of rotatable bonds is 4. The Morgan fingerprint density at radius 1 is 1.28 bits per heavy atom. The van der Waals surface area contributed by atoms with E-state index in [0.29, 0.717) is 27.1 Å². The van der Waals surface area contributed by atoms with Crippen molar-refractivity contribution in [1.29, 1.82) is 0 Å². The summed E-state index contributed by atoms with van der Waals surface area (Å²) in [5, 5.41) is 3.85. The summed E-state index contributed by atoms with van der Waals surface area (Å²) in [5.74, 6) is 0.0274. The molecular weight excluding hydrogens is 413 g/mol. The first kappa shape index (κ1) is 17.3. The Kier molecular flexibility index (Phi) is 5.25. The van der Waals surface area contributed by atoms with Gasteiger partial charge in [0.25, 0.3) is 5.91 Å². The van der Waals surface area contributed by atoms with Crippen LogP contribution in [0.5, 0.6) is 0 Å². The van der Waals surface area contributed by atoms with Gasteiger partial charge >= 0.3 is 0 Å². The summed E-state index contributed by atoms with van der Waals surface area (Å²) < 4.78 is 19.5. The van der Waals surface area contributed by atoms with Crippen LogP contribution in [-0.4, -0.2) is 17.1 Å². The molecule has 0 fully saturated rings. The van der Waals surface area contributed by atoms with E-state index in [1.807, 2.05) is 0 Å². The quantitative estimate of drug-likeness (QED) is 0.491. The van der Waals surface area contributed by atoms with Gasteiger partial charge in [0.2, 0.25) is 0 Å². The molecule has 0 saturated carbocycles. The zero-order valence-electron chi connectivity index (χ0n) is 12.5. The van der Waals surface area contributed by atoms with Gasteiger partial charge in [-0.3, -0.25) is 9.78 Å². The molecule has 0 aliphatic rings. The van der Waals surface area contributed by atoms with Crippen molar-refractivity contribution in [3.05, 3.63) is 75.4 Å². The molecule has 2 heterocycles. The van der Waals surface area contributed by atoms with Crippen LogP contribution in [0.15, 0.2) is 62.8 Å². The summed E-state index contributed by atoms with van der Waals surface area (Å²) in [6.45, 7) is 0. The van der Waals surface area contributed by atoms with E-state index < -0.39 is 11.7 Å². The molecule has 0 radical (unpaired) electrons. The number of carbonyl (C=O) groups excluding carboxylic acids is 1. The number of nitrogens with one attached hydrogen (secondary N) is 1. The maximum absolute atomic E-state index is 13.2. The predicted molar refractivity (Wildman–Crippen MR) is 96.1 cm³/mol. The van der Waals surface area contributed by atoms with E-state index in [2.05, 4.69) is 31.4 Å². The van der Waals surface area contributed by atoms with Crippen molar-refractivity contribution in [3.63, 3.8) is 0 Å². The molecule has 0 spiro atoms. The number of nitrogens with zero attached hydrogens (tertiary/aromatic N) is 2. The van der Waals surface area contributed by atoms with Gasteiger partial charge in [-0.25, -0.2) is 9.82 Å². The van der Waals surface area contributed by atoms with E-state index >= 15 is 0 Å². The van der Waals surface area contributed by atoms with Crippen molar-refractivity contribution in [2.75, 3.05) is 0 Å². The Labute approximate surface area is 155 Å². The second-order valence-electron chi connectivity index (χ2n) is 4.92. The number of hydrazone groups is 1. The van der Waals surface area contributed by atoms with Gasteiger partial charge in [-0.15, -0.1) is 0 Å². The Morgan fingerprint density at radius 2 is 2.12 bits per heavy atom. The highest BCUT2D eigenvalue weighted by Crippen LogP contribution is 2.26. The molecule has 3 aromatic rings. The zero-order chi connectivity index (χ0) is 17.8. The van der Waals surface area contributed by atoms with Gasteiger partial charge in [-0.1, -0.05) is 11.6 Å². The van der Waals surface area contributed by atoms with E-state index in [1.54, 1.807) is 30.5 Å². The number of carbonyl (C=O) groups is 1. The molecule has 1 aromatic carbocycles. The van der Waals surface area contributed by atoms with Crippen molar-refractivity contribution >= 4 is 39.7 Å². The number of pyridine rings is 1. The lowest BCUT2D eigenvalue weighted by molar-refractivity contribution is 0.0954. The Hall–Kier alpha value is -2.51. The first-order valence-electron chi connectivity index (χ1n) is 7.02. The SMILES string of the molecule is O=C(N/N=C\c1ccc(-c2ccc(F)c(Cl)c2)o1)c1cncc(Br)c1. The lowest BCUT2D eigenvalue weighted by Crippen LogP contribution is -2.17. The van der Waals surface area contributed by atoms with Crippen LogP contribution in [0.1, 0.15) is 16.1 Å². The maximum atomic E-state index is 13.2. The molecular formula is C17H10BrClFN3O2. The van der Waals surface area contributed by atoms with Gasteiger partial charge in [0.1, 0.15) is 17.3 Å². The molecule has 0 saturated heterocycles. The van der Waals surface area contributed by atoms with E-state index in [0.717, 1.165) is 0 Å². The van der Waals surface area contributed by atoms with Crippen molar-refractivity contribution in [1.82, 2.24) is 10.4 Å². The van der Waals surface area contributed by atoms with Gasteiger partial charge in [-0.2, -0.15) is 5.10 Å². The smallest absolute Gasteiger partial charge is 0.272 e. The first-order chi connectivity index (χ1) is 12.0. The maximum Gasteiger partial charge on any atom is 0.272 e. The van der Waals surface area contributed by atoms with Crippen molar-refractivity contribution in [3.8, 4) is 11.3 Å². The minimum Gasteiger partial charge on any atom is -0.455 e. The van der Waals surface area contributed by atoms with E-state index in [1.165, 1.54) is 24.5 Å². The number of halogens is 3. The number of amides is 1. The average Bonchev–Trinajstić information content (AvgIpc) is 3.06. The highest BCUT2D eigenvalue weighted by molar-refractivity contribution is 9.10. The molecule has 0 unspecified atom stereocenters. The number of benzene rings is 1. The van der Waals surface area contributed by atoms with Gasteiger partial charge < -0.3 is 4.42 Å². The normalized spacial score (nSPS) is 11.0. The van der Waals surface area contributed by atoms with E-state index in [4.69, 9.17) is 16.0 Å². The summed E-state index contributed by atoms with van der Waals surface area (Å²) in [6, 6.07) is 9.29. The molecule has 2 aromatic heterocycles. The van der Waals surface area contributed by atoms with E-state index in [-0.39, 0.29) is 5.02 Å². The van der Waals surface area contributed by atoms with Crippen LogP contribution in [0.4, 0.5) is 4.39 Å². The Bertz CT molecular complexity index is 959. The average molecular weight is 423 g/mol. The molecule has 1 N–H and O–H groups in total. The van der Waals surface area contributed by atoms with Crippen LogP contribution >= 0.6 is 27.5 Å². The molecule has 3 rings (SSSR count). The molecule has 1 amide bonds. The fourth-order valence-corrected chi connectivity index (χ4v) is 2.53. The van der Waals surface area contributed by atoms with Crippen molar-refractivity contribution in [2.24, 2.45) is 5.10 Å². The molecule has 0 bridgehead atoms. The Balaban J connectivity index is 1.67. The topological polar surface area (TPSA) is 67.5 Å². The Morgan fingerprint density at radius 3 is 2.88 bits per heavy atom. The van der Waals surface area contributed by atoms with Crippen LogP contribution in [0.25, 0.3) is 11.3 Å². The van der Waals surface area contributed by atoms with Crippen LogP contribution in [0.3, 0.4) is 0 Å². The van der Waals surface area contributed by atoms with Crippen LogP contribution in [0, 0.1) is 5.82 Å². The van der Waals surface area contributed by atoms with Gasteiger partial charge in [0.05, 0.1) is 16.8 Å². The summed E-state index contributed by atoms with van der Waals surface area (Å²) in [4.78, 5) is 15.8. The minimum absolute atomic E-state index is 0.0130. The van der Waals surface area contributed by atoms with Gasteiger partial charge in [0.15, 0.2) is 0 Å². The molecule has 0 aliphatic heterocycles. The van der Waals surface area contributed by atoms with E-state index in [9.17, 15) is 9.18 Å². The third-order valence-electron chi connectivity index (χ3n) is 3.16. The minimum atomic E-state index is -0.497. The molecule has 8 heteroatoms. The van der Waals surface area contributed by atoms with Crippen molar-refractivity contribution < 1.29 is 13.6 Å². The number of aromatic nitrogens is 1.